The van der Waals surface area contributed by atoms with Crippen molar-refractivity contribution in [3.63, 3.8) is 0 Å². The summed E-state index contributed by atoms with van der Waals surface area (Å²) in [6.07, 6.45) is 0.126. The molecule has 0 aliphatic carbocycles. The minimum atomic E-state index is -0.348. The third-order valence-electron chi connectivity index (χ3n) is 3.70. The van der Waals surface area contributed by atoms with Crippen LogP contribution >= 0.6 is 11.3 Å². The van der Waals surface area contributed by atoms with Gasteiger partial charge in [-0.05, 0) is 31.2 Å². The quantitative estimate of drug-likeness (QED) is 0.579. The second-order valence-electron chi connectivity index (χ2n) is 5.76. The Morgan fingerprint density at radius 3 is 2.68 bits per heavy atom. The first-order valence-corrected chi connectivity index (χ1v) is 9.45. The fourth-order valence-electron chi connectivity index (χ4n) is 2.42. The fourth-order valence-corrected chi connectivity index (χ4v) is 3.15. The predicted molar refractivity (Wildman–Crippen MR) is 103 cm³/mol. The number of nitrogens with one attached hydrogen (secondary N) is 1. The molecule has 8 nitrogen and oxygen atoms in total. The fraction of sp³-hybridized carbons (Fsp3) is 0.263. The Kier molecular flexibility index (Phi) is 6.38. The molecule has 0 aliphatic rings. The van der Waals surface area contributed by atoms with Crippen LogP contribution in [0.3, 0.4) is 0 Å². The Bertz CT molecular complexity index is 949. The number of anilines is 1. The molecule has 0 radical (unpaired) electrons. The molecule has 28 heavy (non-hydrogen) atoms. The zero-order valence-electron chi connectivity index (χ0n) is 15.4. The summed E-state index contributed by atoms with van der Waals surface area (Å²) in [7, 11) is 1.60. The first-order chi connectivity index (χ1) is 13.6. The third kappa shape index (κ3) is 5.17. The van der Waals surface area contributed by atoms with E-state index < -0.39 is 0 Å². The van der Waals surface area contributed by atoms with Gasteiger partial charge in [-0.2, -0.15) is 0 Å². The summed E-state index contributed by atoms with van der Waals surface area (Å²) in [4.78, 5) is 27.9. The standard InChI is InChI=1S/C19H19N3O5S/c1-3-26-18(24)10-14-11-28-19(20-14)21-17(23)9-13-8-16(27-22-13)12-4-6-15(25-2)7-5-12/h4-8,11H,3,9-10H2,1-2H3,(H,20,21,23). The van der Waals surface area contributed by atoms with E-state index in [0.29, 0.717) is 28.9 Å². The number of carbonyl (C=O) groups excluding carboxylic acids is 2. The normalized spacial score (nSPS) is 10.5. The Morgan fingerprint density at radius 1 is 1.18 bits per heavy atom. The van der Waals surface area contributed by atoms with Gasteiger partial charge in [0, 0.05) is 17.0 Å². The number of carbonyl (C=O) groups is 2. The maximum Gasteiger partial charge on any atom is 0.311 e. The van der Waals surface area contributed by atoms with Crippen LogP contribution in [-0.4, -0.2) is 35.7 Å². The zero-order chi connectivity index (χ0) is 19.9. The molecular formula is C19H19N3O5S. The van der Waals surface area contributed by atoms with Crippen LogP contribution < -0.4 is 10.1 Å². The number of hydrogen-bond acceptors (Lipinski definition) is 8. The number of methoxy groups -OCH3 is 1. The van der Waals surface area contributed by atoms with Crippen molar-refractivity contribution >= 4 is 28.3 Å². The summed E-state index contributed by atoms with van der Waals surface area (Å²) < 4.78 is 15.3. The van der Waals surface area contributed by atoms with Gasteiger partial charge >= 0.3 is 5.97 Å². The number of amides is 1. The van der Waals surface area contributed by atoms with Crippen LogP contribution in [0.4, 0.5) is 5.13 Å². The molecular weight excluding hydrogens is 382 g/mol. The number of hydrogen-bond donors (Lipinski definition) is 1. The number of benzene rings is 1. The van der Waals surface area contributed by atoms with Gasteiger partial charge in [0.2, 0.25) is 5.91 Å². The number of aromatic nitrogens is 2. The summed E-state index contributed by atoms with van der Waals surface area (Å²) in [6, 6.07) is 9.06. The lowest BCUT2D eigenvalue weighted by Crippen LogP contribution is -2.14. The van der Waals surface area contributed by atoms with Crippen molar-refractivity contribution < 1.29 is 23.6 Å². The van der Waals surface area contributed by atoms with Crippen LogP contribution in [0.5, 0.6) is 5.75 Å². The molecule has 2 heterocycles. The topological polar surface area (TPSA) is 104 Å². The highest BCUT2D eigenvalue weighted by atomic mass is 32.1. The van der Waals surface area contributed by atoms with E-state index in [4.69, 9.17) is 14.0 Å². The first kappa shape index (κ1) is 19.6. The van der Waals surface area contributed by atoms with E-state index in [1.165, 1.54) is 11.3 Å². The maximum atomic E-state index is 12.2. The van der Waals surface area contributed by atoms with Gasteiger partial charge < -0.3 is 19.3 Å². The van der Waals surface area contributed by atoms with Gasteiger partial charge in [-0.25, -0.2) is 4.98 Å². The third-order valence-corrected chi connectivity index (χ3v) is 4.51. The summed E-state index contributed by atoms with van der Waals surface area (Å²) in [5, 5.41) is 8.77. The van der Waals surface area contributed by atoms with Gasteiger partial charge in [-0.3, -0.25) is 9.59 Å². The molecule has 0 unspecified atom stereocenters. The average Bonchev–Trinajstić information content (AvgIpc) is 3.31. The van der Waals surface area contributed by atoms with Crippen LogP contribution in [0.25, 0.3) is 11.3 Å². The minimum Gasteiger partial charge on any atom is -0.497 e. The van der Waals surface area contributed by atoms with Crippen molar-refractivity contribution in [1.82, 2.24) is 10.1 Å². The molecule has 2 aromatic heterocycles. The highest BCUT2D eigenvalue weighted by molar-refractivity contribution is 7.13. The Labute approximate surface area is 165 Å². The molecule has 3 aromatic rings. The number of thiazole rings is 1. The molecule has 1 amide bonds. The smallest absolute Gasteiger partial charge is 0.311 e. The average molecular weight is 401 g/mol. The Balaban J connectivity index is 1.56. The molecule has 0 saturated heterocycles. The lowest BCUT2D eigenvalue weighted by atomic mass is 10.1. The first-order valence-electron chi connectivity index (χ1n) is 8.57. The largest absolute Gasteiger partial charge is 0.497 e. The van der Waals surface area contributed by atoms with Crippen LogP contribution in [0.2, 0.25) is 0 Å². The number of rotatable bonds is 8. The van der Waals surface area contributed by atoms with Gasteiger partial charge in [-0.1, -0.05) is 5.16 Å². The van der Waals surface area contributed by atoms with Crippen molar-refractivity contribution in [2.24, 2.45) is 0 Å². The number of nitrogens with zero attached hydrogens (tertiary/aromatic N) is 2. The molecule has 146 valence electrons. The van der Waals surface area contributed by atoms with Crippen molar-refractivity contribution in [2.75, 3.05) is 19.0 Å². The molecule has 0 aliphatic heterocycles. The van der Waals surface area contributed by atoms with E-state index in [9.17, 15) is 9.59 Å². The van der Waals surface area contributed by atoms with Gasteiger partial charge in [0.15, 0.2) is 10.9 Å². The molecule has 3 rings (SSSR count). The summed E-state index contributed by atoms with van der Waals surface area (Å²) in [6.45, 7) is 2.07. The highest BCUT2D eigenvalue weighted by Gasteiger charge is 2.14. The minimum absolute atomic E-state index is 0.0481. The number of ether oxygens (including phenoxy) is 2. The second kappa shape index (κ2) is 9.14. The predicted octanol–water partition coefficient (Wildman–Crippen LogP) is 3.09. The molecule has 0 atom stereocenters. The van der Waals surface area contributed by atoms with Crippen molar-refractivity contribution in [3.05, 3.63) is 47.1 Å². The van der Waals surface area contributed by atoms with Gasteiger partial charge in [0.05, 0.1) is 37.9 Å². The van der Waals surface area contributed by atoms with Crippen LogP contribution in [0.1, 0.15) is 18.3 Å². The van der Waals surface area contributed by atoms with E-state index in [2.05, 4.69) is 15.5 Å². The van der Waals surface area contributed by atoms with E-state index in [0.717, 1.165) is 11.3 Å². The summed E-state index contributed by atoms with van der Waals surface area (Å²) in [5.41, 5.74) is 1.90. The van der Waals surface area contributed by atoms with E-state index in [1.807, 2.05) is 24.3 Å². The molecule has 0 bridgehead atoms. The molecule has 1 aromatic carbocycles. The van der Waals surface area contributed by atoms with Crippen LogP contribution in [-0.2, 0) is 27.2 Å². The van der Waals surface area contributed by atoms with Gasteiger partial charge in [-0.15, -0.1) is 11.3 Å². The maximum absolute atomic E-state index is 12.2. The van der Waals surface area contributed by atoms with Crippen molar-refractivity contribution in [1.29, 1.82) is 0 Å². The molecule has 9 heteroatoms. The SMILES string of the molecule is CCOC(=O)Cc1csc(NC(=O)Cc2cc(-c3ccc(OC)cc3)on2)n1. The Hall–Kier alpha value is -3.20. The van der Waals surface area contributed by atoms with Gasteiger partial charge in [0.1, 0.15) is 5.75 Å². The molecule has 1 N–H and O–H groups in total. The van der Waals surface area contributed by atoms with Crippen molar-refractivity contribution in [3.8, 4) is 17.1 Å². The Morgan fingerprint density at radius 2 is 1.96 bits per heavy atom. The summed E-state index contributed by atoms with van der Waals surface area (Å²) in [5.74, 6) is 0.691. The van der Waals surface area contributed by atoms with Crippen LogP contribution in [0, 0.1) is 0 Å². The summed E-state index contributed by atoms with van der Waals surface area (Å²) >= 11 is 1.25. The van der Waals surface area contributed by atoms with Crippen molar-refractivity contribution in [2.45, 2.75) is 19.8 Å². The van der Waals surface area contributed by atoms with Gasteiger partial charge in [0.25, 0.3) is 0 Å². The van der Waals surface area contributed by atoms with Crippen LogP contribution in [0.15, 0.2) is 40.2 Å². The molecule has 0 spiro atoms. The lowest BCUT2D eigenvalue weighted by molar-refractivity contribution is -0.142. The second-order valence-corrected chi connectivity index (χ2v) is 6.62. The highest BCUT2D eigenvalue weighted by Crippen LogP contribution is 2.23. The molecule has 0 fully saturated rings. The zero-order valence-corrected chi connectivity index (χ0v) is 16.2. The van der Waals surface area contributed by atoms with E-state index in [-0.39, 0.29) is 24.7 Å². The lowest BCUT2D eigenvalue weighted by Gasteiger charge is -2.00. The van der Waals surface area contributed by atoms with E-state index >= 15 is 0 Å². The monoisotopic (exact) mass is 401 g/mol. The van der Waals surface area contributed by atoms with E-state index in [1.54, 1.807) is 25.5 Å². The molecule has 0 saturated carbocycles. The number of esters is 1.